The van der Waals surface area contributed by atoms with E-state index in [9.17, 15) is 14.9 Å². The number of rotatable bonds is 8. The number of non-ortho nitro benzene ring substituents is 1. The van der Waals surface area contributed by atoms with Crippen molar-refractivity contribution in [2.45, 2.75) is 13.3 Å². The zero-order chi connectivity index (χ0) is 18.9. The number of ether oxygens (including phenoxy) is 1. The molecule has 0 unspecified atom stereocenters. The second-order valence-corrected chi connectivity index (χ2v) is 5.77. The highest BCUT2D eigenvalue weighted by atomic mass is 16.6. The van der Waals surface area contributed by atoms with Crippen molar-refractivity contribution in [2.75, 3.05) is 25.1 Å². The molecular weight excluding hydrogens is 332 g/mol. The van der Waals surface area contributed by atoms with Gasteiger partial charge >= 0.3 is 5.97 Å². The molecule has 2 aromatic carbocycles. The van der Waals surface area contributed by atoms with Crippen molar-refractivity contribution >= 4 is 29.5 Å². The maximum absolute atomic E-state index is 11.1. The van der Waals surface area contributed by atoms with Crippen molar-refractivity contribution in [3.63, 3.8) is 0 Å². The van der Waals surface area contributed by atoms with Crippen LogP contribution in [0.25, 0.3) is 12.2 Å². The number of hydrogen-bond donors (Lipinski definition) is 0. The first-order valence-corrected chi connectivity index (χ1v) is 8.39. The first kappa shape index (κ1) is 19.2. The van der Waals surface area contributed by atoms with Gasteiger partial charge in [0.15, 0.2) is 0 Å². The summed E-state index contributed by atoms with van der Waals surface area (Å²) in [6.45, 7) is 2.77. The molecule has 0 saturated carbocycles. The summed E-state index contributed by atoms with van der Waals surface area (Å²) in [6, 6.07) is 14.4. The highest BCUT2D eigenvalue weighted by Gasteiger charge is 2.04. The van der Waals surface area contributed by atoms with E-state index in [-0.39, 0.29) is 11.7 Å². The highest BCUT2D eigenvalue weighted by molar-refractivity contribution is 5.71. The van der Waals surface area contributed by atoms with Crippen LogP contribution in [0.3, 0.4) is 0 Å². The Hall–Kier alpha value is -3.15. The molecule has 0 heterocycles. The third kappa shape index (κ3) is 5.73. The third-order valence-corrected chi connectivity index (χ3v) is 3.88. The molecular formula is C20H22N2O4. The second kappa shape index (κ2) is 9.36. The van der Waals surface area contributed by atoms with Crippen LogP contribution in [-0.4, -0.2) is 31.1 Å². The first-order valence-electron chi connectivity index (χ1n) is 8.39. The fraction of sp³-hybridized carbons (Fsp3) is 0.250. The first-order chi connectivity index (χ1) is 12.5. The monoisotopic (exact) mass is 354 g/mol. The molecule has 26 heavy (non-hydrogen) atoms. The quantitative estimate of drug-likeness (QED) is 0.308. The fourth-order valence-electron chi connectivity index (χ4n) is 2.27. The van der Waals surface area contributed by atoms with Crippen LogP contribution in [0, 0.1) is 10.1 Å². The summed E-state index contributed by atoms with van der Waals surface area (Å²) in [4.78, 5) is 23.4. The molecule has 0 bridgehead atoms. The van der Waals surface area contributed by atoms with Gasteiger partial charge in [0.2, 0.25) is 0 Å². The summed E-state index contributed by atoms with van der Waals surface area (Å²) in [6.07, 6.45) is 4.25. The van der Waals surface area contributed by atoms with Gasteiger partial charge in [-0.1, -0.05) is 31.2 Å². The summed E-state index contributed by atoms with van der Waals surface area (Å²) < 4.78 is 5.08. The minimum Gasteiger partial charge on any atom is -0.464 e. The van der Waals surface area contributed by atoms with Gasteiger partial charge in [-0.05, 0) is 35.4 Å². The fourth-order valence-corrected chi connectivity index (χ4v) is 2.27. The molecule has 0 aliphatic rings. The number of anilines is 1. The lowest BCUT2D eigenvalue weighted by Crippen LogP contribution is -2.23. The molecule has 0 aliphatic carbocycles. The van der Waals surface area contributed by atoms with Gasteiger partial charge in [0.25, 0.3) is 5.69 Å². The predicted octanol–water partition coefficient (Wildman–Crippen LogP) is 4.15. The minimum absolute atomic E-state index is 0.0826. The summed E-state index contributed by atoms with van der Waals surface area (Å²) >= 11 is 0. The number of nitro benzene ring substituents is 1. The van der Waals surface area contributed by atoms with Crippen LogP contribution < -0.4 is 4.90 Å². The van der Waals surface area contributed by atoms with E-state index in [1.807, 2.05) is 48.4 Å². The van der Waals surface area contributed by atoms with E-state index in [0.29, 0.717) is 19.6 Å². The number of nitrogens with zero attached hydrogens (tertiary/aromatic N) is 2. The van der Waals surface area contributed by atoms with Crippen LogP contribution in [0.1, 0.15) is 24.5 Å². The molecule has 6 nitrogen and oxygen atoms in total. The maximum atomic E-state index is 11.1. The molecule has 0 radical (unpaired) electrons. The van der Waals surface area contributed by atoms with E-state index >= 15 is 0 Å². The Morgan fingerprint density at radius 1 is 1.08 bits per heavy atom. The Morgan fingerprint density at radius 2 is 1.62 bits per heavy atom. The van der Waals surface area contributed by atoms with Crippen molar-refractivity contribution in [3.05, 3.63) is 69.8 Å². The Kier molecular flexibility index (Phi) is 6.91. The second-order valence-electron chi connectivity index (χ2n) is 5.77. The van der Waals surface area contributed by atoms with Gasteiger partial charge in [-0.2, -0.15) is 0 Å². The van der Waals surface area contributed by atoms with Gasteiger partial charge in [-0.25, -0.2) is 0 Å². The van der Waals surface area contributed by atoms with Gasteiger partial charge < -0.3 is 9.64 Å². The third-order valence-electron chi connectivity index (χ3n) is 3.88. The van der Waals surface area contributed by atoms with Gasteiger partial charge in [-0.15, -0.1) is 0 Å². The van der Waals surface area contributed by atoms with Gasteiger partial charge in [0, 0.05) is 31.3 Å². The smallest absolute Gasteiger partial charge is 0.305 e. The van der Waals surface area contributed by atoms with Gasteiger partial charge in [0.05, 0.1) is 11.5 Å². The van der Waals surface area contributed by atoms with Gasteiger partial charge in [0.1, 0.15) is 6.61 Å². The SMILES string of the molecule is CCC(=O)OCCN(C)c1ccc(/C=C/c2ccc([N+](=O)[O-])cc2)cc1. The molecule has 0 fully saturated rings. The normalized spacial score (nSPS) is 10.7. The van der Waals surface area contributed by atoms with Crippen LogP contribution in [0.5, 0.6) is 0 Å². The molecule has 0 aliphatic heterocycles. The topological polar surface area (TPSA) is 72.7 Å². The van der Waals surface area contributed by atoms with Crippen LogP contribution in [0.2, 0.25) is 0 Å². The Morgan fingerprint density at radius 3 is 2.12 bits per heavy atom. The Balaban J connectivity index is 1.91. The average molecular weight is 354 g/mol. The molecule has 0 amide bonds. The minimum atomic E-state index is -0.411. The summed E-state index contributed by atoms with van der Waals surface area (Å²) in [5.74, 6) is -0.190. The van der Waals surface area contributed by atoms with E-state index in [2.05, 4.69) is 0 Å². The van der Waals surface area contributed by atoms with Gasteiger partial charge in [-0.3, -0.25) is 14.9 Å². The van der Waals surface area contributed by atoms with Crippen LogP contribution in [0.15, 0.2) is 48.5 Å². The predicted molar refractivity (Wildman–Crippen MR) is 103 cm³/mol. The standard InChI is InChI=1S/C20H22N2O4/c1-3-20(23)26-15-14-21(2)18-10-6-16(7-11-18)4-5-17-8-12-19(13-9-17)22(24)25/h4-13H,3,14-15H2,1-2H3/b5-4+. The lowest BCUT2D eigenvalue weighted by molar-refractivity contribution is -0.384. The van der Waals surface area contributed by atoms with Crippen molar-refractivity contribution in [3.8, 4) is 0 Å². The van der Waals surface area contributed by atoms with E-state index in [1.54, 1.807) is 19.1 Å². The number of esters is 1. The molecule has 2 rings (SSSR count). The lowest BCUT2D eigenvalue weighted by Gasteiger charge is -2.19. The Labute approximate surface area is 152 Å². The largest absolute Gasteiger partial charge is 0.464 e. The van der Waals surface area contributed by atoms with Crippen LogP contribution in [-0.2, 0) is 9.53 Å². The average Bonchev–Trinajstić information content (AvgIpc) is 2.66. The number of carbonyl (C=O) groups is 1. The molecule has 0 atom stereocenters. The van der Waals surface area contributed by atoms with Crippen LogP contribution in [0.4, 0.5) is 11.4 Å². The van der Waals surface area contributed by atoms with Crippen molar-refractivity contribution in [2.24, 2.45) is 0 Å². The van der Waals surface area contributed by atoms with E-state index < -0.39 is 4.92 Å². The van der Waals surface area contributed by atoms with Crippen molar-refractivity contribution in [1.82, 2.24) is 0 Å². The highest BCUT2D eigenvalue weighted by Crippen LogP contribution is 2.17. The zero-order valence-electron chi connectivity index (χ0n) is 14.9. The lowest BCUT2D eigenvalue weighted by atomic mass is 10.1. The summed E-state index contributed by atoms with van der Waals surface area (Å²) in [7, 11) is 1.95. The molecule has 6 heteroatoms. The van der Waals surface area contributed by atoms with Crippen molar-refractivity contribution < 1.29 is 14.5 Å². The van der Waals surface area contributed by atoms with Crippen LogP contribution >= 0.6 is 0 Å². The molecule has 0 N–H and O–H groups in total. The molecule has 0 saturated heterocycles. The number of carbonyl (C=O) groups excluding carboxylic acids is 1. The van der Waals surface area contributed by atoms with E-state index in [0.717, 1.165) is 16.8 Å². The summed E-state index contributed by atoms with van der Waals surface area (Å²) in [5, 5.41) is 10.7. The van der Waals surface area contributed by atoms with Crippen molar-refractivity contribution in [1.29, 1.82) is 0 Å². The molecule has 2 aromatic rings. The number of benzene rings is 2. The van der Waals surface area contributed by atoms with E-state index in [4.69, 9.17) is 4.74 Å². The van der Waals surface area contributed by atoms with E-state index in [1.165, 1.54) is 12.1 Å². The summed E-state index contributed by atoms with van der Waals surface area (Å²) in [5.41, 5.74) is 3.04. The zero-order valence-corrected chi connectivity index (χ0v) is 14.9. The number of hydrogen-bond acceptors (Lipinski definition) is 5. The number of nitro groups is 1. The molecule has 0 aromatic heterocycles. The Bertz CT molecular complexity index is 767. The number of likely N-dealkylation sites (N-methyl/N-ethyl adjacent to an activating group) is 1. The molecule has 136 valence electrons. The molecule has 0 spiro atoms. The maximum Gasteiger partial charge on any atom is 0.305 e.